The molecule has 0 saturated carbocycles. The molecule has 1 aromatic rings. The number of hydrogen-bond donors (Lipinski definition) is 2. The van der Waals surface area contributed by atoms with Crippen molar-refractivity contribution < 1.29 is 4.74 Å². The Kier molecular flexibility index (Phi) is 7.23. The third-order valence-corrected chi connectivity index (χ3v) is 3.33. The van der Waals surface area contributed by atoms with Gasteiger partial charge in [0.2, 0.25) is 0 Å². The van der Waals surface area contributed by atoms with Crippen LogP contribution in [0.15, 0.2) is 22.7 Å². The molecule has 0 radical (unpaired) electrons. The first-order chi connectivity index (χ1) is 8.65. The second-order valence-electron chi connectivity index (χ2n) is 3.95. The van der Waals surface area contributed by atoms with Gasteiger partial charge in [0.1, 0.15) is 4.99 Å². The second kappa shape index (κ2) is 8.45. The summed E-state index contributed by atoms with van der Waals surface area (Å²) in [7, 11) is 0. The third kappa shape index (κ3) is 5.33. The van der Waals surface area contributed by atoms with E-state index in [1.54, 1.807) is 0 Å². The Labute approximate surface area is 122 Å². The van der Waals surface area contributed by atoms with Crippen LogP contribution >= 0.6 is 28.1 Å². The van der Waals surface area contributed by atoms with E-state index < -0.39 is 0 Å². The molecule has 0 bridgehead atoms. The van der Waals surface area contributed by atoms with E-state index in [2.05, 4.69) is 28.2 Å². The van der Waals surface area contributed by atoms with E-state index in [-0.39, 0.29) is 0 Å². The Balaban J connectivity index is 2.35. The van der Waals surface area contributed by atoms with Gasteiger partial charge in [0.05, 0.1) is 6.61 Å². The number of anilines is 1. The van der Waals surface area contributed by atoms with Crippen molar-refractivity contribution in [1.82, 2.24) is 0 Å². The maximum absolute atomic E-state index is 5.59. The highest BCUT2D eigenvalue weighted by atomic mass is 79.9. The maximum atomic E-state index is 5.59. The summed E-state index contributed by atoms with van der Waals surface area (Å²) in [4.78, 5) is 0.399. The predicted octanol–water partition coefficient (Wildman–Crippen LogP) is 3.31. The topological polar surface area (TPSA) is 47.3 Å². The van der Waals surface area contributed by atoms with Gasteiger partial charge in [-0.25, -0.2) is 0 Å². The van der Waals surface area contributed by atoms with Gasteiger partial charge in [-0.05, 0) is 40.5 Å². The number of nitrogens with two attached hydrogens (primary N) is 1. The lowest BCUT2D eigenvalue weighted by molar-refractivity contribution is 0.141. The van der Waals surface area contributed by atoms with E-state index in [0.29, 0.717) is 11.6 Å². The first-order valence-electron chi connectivity index (χ1n) is 6.06. The number of hydrogen-bond acceptors (Lipinski definition) is 3. The van der Waals surface area contributed by atoms with Crippen LogP contribution in [-0.2, 0) is 4.74 Å². The molecule has 1 rings (SSSR count). The van der Waals surface area contributed by atoms with E-state index >= 15 is 0 Å². The van der Waals surface area contributed by atoms with Gasteiger partial charge in [0.25, 0.3) is 0 Å². The summed E-state index contributed by atoms with van der Waals surface area (Å²) in [6.45, 7) is 4.50. The highest BCUT2D eigenvalue weighted by Gasteiger charge is 2.03. The Bertz CT molecular complexity index is 399. The largest absolute Gasteiger partial charge is 0.389 e. The molecule has 5 heteroatoms. The zero-order valence-corrected chi connectivity index (χ0v) is 12.9. The van der Waals surface area contributed by atoms with E-state index in [1.165, 1.54) is 6.42 Å². The average Bonchev–Trinajstić information content (AvgIpc) is 2.33. The van der Waals surface area contributed by atoms with Crippen LogP contribution < -0.4 is 11.1 Å². The average molecular weight is 331 g/mol. The third-order valence-electron chi connectivity index (χ3n) is 2.45. The molecule has 0 aliphatic carbocycles. The normalized spacial score (nSPS) is 10.3. The number of nitrogens with one attached hydrogen (secondary N) is 1. The summed E-state index contributed by atoms with van der Waals surface area (Å²) in [5.41, 5.74) is 7.48. The molecule has 100 valence electrons. The number of halogens is 1. The molecular formula is C13H19BrN2OS. The van der Waals surface area contributed by atoms with Gasteiger partial charge >= 0.3 is 0 Å². The minimum atomic E-state index is 0.399. The minimum Gasteiger partial charge on any atom is -0.389 e. The van der Waals surface area contributed by atoms with Crippen molar-refractivity contribution in [3.8, 4) is 0 Å². The molecular weight excluding hydrogens is 312 g/mol. The molecule has 0 aliphatic heterocycles. The van der Waals surface area contributed by atoms with Crippen molar-refractivity contribution >= 4 is 38.8 Å². The molecule has 3 nitrogen and oxygen atoms in total. The first-order valence-corrected chi connectivity index (χ1v) is 7.26. The Morgan fingerprint density at radius 2 is 2.22 bits per heavy atom. The number of ether oxygens (including phenoxy) is 1. The fraction of sp³-hybridized carbons (Fsp3) is 0.462. The summed E-state index contributed by atoms with van der Waals surface area (Å²) >= 11 is 8.40. The molecule has 0 spiro atoms. The standard InChI is InChI=1S/C13H19BrN2OS/c1-2-3-7-17-8-6-16-10-4-5-11(13(15)18)12(14)9-10/h4-5,9,16H,2-3,6-8H2,1H3,(H2,15,18). The zero-order chi connectivity index (χ0) is 13.4. The van der Waals surface area contributed by atoms with Crippen LogP contribution in [0, 0.1) is 0 Å². The van der Waals surface area contributed by atoms with E-state index in [4.69, 9.17) is 22.7 Å². The molecule has 0 amide bonds. The van der Waals surface area contributed by atoms with Gasteiger partial charge in [-0.1, -0.05) is 25.6 Å². The molecule has 0 saturated heterocycles. The number of benzene rings is 1. The monoisotopic (exact) mass is 330 g/mol. The van der Waals surface area contributed by atoms with Gasteiger partial charge in [0, 0.05) is 28.9 Å². The lowest BCUT2D eigenvalue weighted by Gasteiger charge is -2.09. The molecule has 0 fully saturated rings. The second-order valence-corrected chi connectivity index (χ2v) is 5.25. The number of rotatable bonds is 8. The molecule has 3 N–H and O–H groups in total. The van der Waals surface area contributed by atoms with Crippen molar-refractivity contribution in [3.63, 3.8) is 0 Å². The minimum absolute atomic E-state index is 0.399. The lowest BCUT2D eigenvalue weighted by atomic mass is 10.2. The van der Waals surface area contributed by atoms with E-state index in [9.17, 15) is 0 Å². The quantitative estimate of drug-likeness (QED) is 0.567. The summed E-state index contributed by atoms with van der Waals surface area (Å²) in [5, 5.41) is 3.29. The van der Waals surface area contributed by atoms with E-state index in [0.717, 1.165) is 35.3 Å². The summed E-state index contributed by atoms with van der Waals surface area (Å²) in [5.74, 6) is 0. The SMILES string of the molecule is CCCCOCCNc1ccc(C(N)=S)c(Br)c1. The lowest BCUT2D eigenvalue weighted by Crippen LogP contribution is -2.12. The van der Waals surface area contributed by atoms with Crippen LogP contribution in [-0.4, -0.2) is 24.7 Å². The molecule has 0 unspecified atom stereocenters. The summed E-state index contributed by atoms with van der Waals surface area (Å²) < 4.78 is 6.38. The zero-order valence-electron chi connectivity index (χ0n) is 10.5. The van der Waals surface area contributed by atoms with Crippen molar-refractivity contribution in [1.29, 1.82) is 0 Å². The van der Waals surface area contributed by atoms with Gasteiger partial charge < -0.3 is 15.8 Å². The number of thiocarbonyl (C=S) groups is 1. The van der Waals surface area contributed by atoms with Crippen LogP contribution in [0.2, 0.25) is 0 Å². The molecule has 0 atom stereocenters. The molecule has 18 heavy (non-hydrogen) atoms. The van der Waals surface area contributed by atoms with Crippen LogP contribution in [0.5, 0.6) is 0 Å². The van der Waals surface area contributed by atoms with Gasteiger partial charge in [-0.15, -0.1) is 0 Å². The first kappa shape index (κ1) is 15.4. The Morgan fingerprint density at radius 3 is 2.83 bits per heavy atom. The predicted molar refractivity (Wildman–Crippen MR) is 84.2 cm³/mol. The van der Waals surface area contributed by atoms with Crippen LogP contribution in [0.25, 0.3) is 0 Å². The van der Waals surface area contributed by atoms with Crippen LogP contribution in [0.3, 0.4) is 0 Å². The Morgan fingerprint density at radius 1 is 1.44 bits per heavy atom. The highest BCUT2D eigenvalue weighted by molar-refractivity contribution is 9.10. The van der Waals surface area contributed by atoms with Crippen LogP contribution in [0.4, 0.5) is 5.69 Å². The molecule has 1 aromatic carbocycles. The van der Waals surface area contributed by atoms with Gasteiger partial charge in [-0.2, -0.15) is 0 Å². The van der Waals surface area contributed by atoms with Crippen LogP contribution in [0.1, 0.15) is 25.3 Å². The van der Waals surface area contributed by atoms with Crippen molar-refractivity contribution in [2.24, 2.45) is 5.73 Å². The summed E-state index contributed by atoms with van der Waals surface area (Å²) in [6, 6.07) is 5.85. The Hall–Kier alpha value is -0.650. The molecule has 0 aromatic heterocycles. The van der Waals surface area contributed by atoms with Gasteiger partial charge in [0.15, 0.2) is 0 Å². The van der Waals surface area contributed by atoms with Gasteiger partial charge in [-0.3, -0.25) is 0 Å². The van der Waals surface area contributed by atoms with Crippen molar-refractivity contribution in [2.75, 3.05) is 25.1 Å². The molecule has 0 aliphatic rings. The van der Waals surface area contributed by atoms with Crippen molar-refractivity contribution in [2.45, 2.75) is 19.8 Å². The fourth-order valence-electron chi connectivity index (χ4n) is 1.44. The summed E-state index contributed by atoms with van der Waals surface area (Å²) in [6.07, 6.45) is 2.29. The van der Waals surface area contributed by atoms with E-state index in [1.807, 2.05) is 18.2 Å². The highest BCUT2D eigenvalue weighted by Crippen LogP contribution is 2.21. The smallest absolute Gasteiger partial charge is 0.105 e. The molecule has 0 heterocycles. The fourth-order valence-corrected chi connectivity index (χ4v) is 2.34. The van der Waals surface area contributed by atoms with Crippen molar-refractivity contribution in [3.05, 3.63) is 28.2 Å². The number of unbranched alkanes of at least 4 members (excludes halogenated alkanes) is 1. The maximum Gasteiger partial charge on any atom is 0.105 e.